The van der Waals surface area contributed by atoms with Gasteiger partial charge >= 0.3 is 0 Å². The summed E-state index contributed by atoms with van der Waals surface area (Å²) in [7, 11) is 0. The molecule has 1 atom stereocenters. The molecular formula is C18H24FN3O3. The molecule has 2 aliphatic rings. The van der Waals surface area contributed by atoms with Gasteiger partial charge in [0.15, 0.2) is 0 Å². The Bertz CT molecular complexity index is 640. The summed E-state index contributed by atoms with van der Waals surface area (Å²) in [6.07, 6.45) is 2.12. The van der Waals surface area contributed by atoms with Crippen molar-refractivity contribution in [2.75, 3.05) is 44.3 Å². The molecule has 0 bridgehead atoms. The molecule has 0 unspecified atom stereocenters. The second-order valence-corrected chi connectivity index (χ2v) is 6.49. The van der Waals surface area contributed by atoms with Gasteiger partial charge in [0, 0.05) is 31.7 Å². The first kappa shape index (κ1) is 17.7. The second kappa shape index (κ2) is 7.82. The third-order valence-corrected chi connectivity index (χ3v) is 4.70. The lowest BCUT2D eigenvalue weighted by atomic mass is 10.1. The average Bonchev–Trinajstić information content (AvgIpc) is 3.16. The third-order valence-electron chi connectivity index (χ3n) is 4.70. The maximum absolute atomic E-state index is 14.3. The van der Waals surface area contributed by atoms with Gasteiger partial charge in [-0.15, -0.1) is 0 Å². The highest BCUT2D eigenvalue weighted by Gasteiger charge is 2.24. The predicted octanol–water partition coefficient (Wildman–Crippen LogP) is 1.40. The summed E-state index contributed by atoms with van der Waals surface area (Å²) in [6.45, 7) is 5.40. The molecule has 6 nitrogen and oxygen atoms in total. The van der Waals surface area contributed by atoms with Crippen molar-refractivity contribution in [1.29, 1.82) is 0 Å². The van der Waals surface area contributed by atoms with Crippen molar-refractivity contribution in [3.05, 3.63) is 29.6 Å². The zero-order valence-electron chi connectivity index (χ0n) is 14.5. The first-order valence-electron chi connectivity index (χ1n) is 8.78. The largest absolute Gasteiger partial charge is 0.378 e. The molecule has 2 saturated heterocycles. The Morgan fingerprint density at radius 1 is 1.16 bits per heavy atom. The highest BCUT2D eigenvalue weighted by atomic mass is 19.1. The first-order valence-corrected chi connectivity index (χ1v) is 8.78. The molecule has 2 amide bonds. The quantitative estimate of drug-likeness (QED) is 0.893. The van der Waals surface area contributed by atoms with Gasteiger partial charge < -0.3 is 19.9 Å². The number of hydrogen-bond donors (Lipinski definition) is 1. The molecule has 25 heavy (non-hydrogen) atoms. The lowest BCUT2D eigenvalue weighted by Crippen LogP contribution is -2.50. The Morgan fingerprint density at radius 3 is 2.48 bits per heavy atom. The van der Waals surface area contributed by atoms with E-state index in [0.29, 0.717) is 32.0 Å². The average molecular weight is 349 g/mol. The molecule has 0 radical (unpaired) electrons. The number of carbonyl (C=O) groups excluding carboxylic acids is 2. The maximum atomic E-state index is 14.3. The van der Waals surface area contributed by atoms with E-state index in [1.54, 1.807) is 24.0 Å². The molecule has 0 saturated carbocycles. The van der Waals surface area contributed by atoms with E-state index in [1.165, 1.54) is 6.07 Å². The van der Waals surface area contributed by atoms with E-state index in [0.717, 1.165) is 25.9 Å². The minimum absolute atomic E-state index is 0.147. The van der Waals surface area contributed by atoms with Crippen LogP contribution in [0.1, 0.15) is 30.1 Å². The number of ether oxygens (including phenoxy) is 1. The number of nitrogens with zero attached hydrogens (tertiary/aromatic N) is 2. The smallest absolute Gasteiger partial charge is 0.252 e. The van der Waals surface area contributed by atoms with Crippen LogP contribution >= 0.6 is 0 Å². The van der Waals surface area contributed by atoms with Crippen LogP contribution in [-0.4, -0.2) is 62.1 Å². The van der Waals surface area contributed by atoms with Crippen LogP contribution < -0.4 is 10.2 Å². The molecule has 1 aromatic rings. The number of halogens is 1. The van der Waals surface area contributed by atoms with Crippen LogP contribution in [0.25, 0.3) is 0 Å². The van der Waals surface area contributed by atoms with Gasteiger partial charge in [0.25, 0.3) is 5.91 Å². The van der Waals surface area contributed by atoms with Crippen molar-refractivity contribution >= 4 is 17.5 Å². The van der Waals surface area contributed by atoms with Crippen LogP contribution in [-0.2, 0) is 9.53 Å². The number of carbonyl (C=O) groups is 2. The molecule has 3 rings (SSSR count). The summed E-state index contributed by atoms with van der Waals surface area (Å²) < 4.78 is 19.6. The molecular weight excluding hydrogens is 325 g/mol. The summed E-state index contributed by atoms with van der Waals surface area (Å²) in [4.78, 5) is 28.3. The van der Waals surface area contributed by atoms with E-state index >= 15 is 0 Å². The molecule has 0 aromatic heterocycles. The molecule has 0 aliphatic carbocycles. The molecule has 1 aromatic carbocycles. The fraction of sp³-hybridized carbons (Fsp3) is 0.556. The van der Waals surface area contributed by atoms with Crippen LogP contribution in [0.3, 0.4) is 0 Å². The minimum Gasteiger partial charge on any atom is -0.378 e. The summed E-state index contributed by atoms with van der Waals surface area (Å²) in [5, 5.41) is 2.66. The third kappa shape index (κ3) is 4.10. The molecule has 1 N–H and O–H groups in total. The van der Waals surface area contributed by atoms with Crippen molar-refractivity contribution in [3.63, 3.8) is 0 Å². The fourth-order valence-electron chi connectivity index (χ4n) is 3.26. The number of benzene rings is 1. The summed E-state index contributed by atoms with van der Waals surface area (Å²) in [6, 6.07) is 3.84. The molecule has 7 heteroatoms. The Labute approximate surface area is 146 Å². The zero-order chi connectivity index (χ0) is 17.8. The first-order chi connectivity index (χ1) is 12.1. The van der Waals surface area contributed by atoms with Gasteiger partial charge in [0.2, 0.25) is 5.91 Å². The molecule has 0 spiro atoms. The van der Waals surface area contributed by atoms with Gasteiger partial charge in [-0.2, -0.15) is 0 Å². The van der Waals surface area contributed by atoms with Gasteiger partial charge in [0.05, 0.1) is 18.9 Å². The van der Waals surface area contributed by atoms with Gasteiger partial charge in [0.1, 0.15) is 11.9 Å². The summed E-state index contributed by atoms with van der Waals surface area (Å²) in [5.74, 6) is -0.992. The van der Waals surface area contributed by atoms with Crippen molar-refractivity contribution in [2.24, 2.45) is 0 Å². The topological polar surface area (TPSA) is 61.9 Å². The standard InChI is InChI=1S/C18H24FN3O3/c1-13(18(24)22-8-10-25-11-9-22)20-17(23)14-4-5-16(15(19)12-14)21-6-2-3-7-21/h4-5,12-13H,2-3,6-11H2,1H3,(H,20,23)/t13-/m1/s1. The Hall–Kier alpha value is -2.15. The highest BCUT2D eigenvalue weighted by Crippen LogP contribution is 2.24. The van der Waals surface area contributed by atoms with Gasteiger partial charge in [-0.1, -0.05) is 0 Å². The molecule has 2 aliphatic heterocycles. The van der Waals surface area contributed by atoms with Crippen molar-refractivity contribution in [1.82, 2.24) is 10.2 Å². The highest BCUT2D eigenvalue weighted by molar-refractivity contribution is 5.97. The SMILES string of the molecule is C[C@@H](NC(=O)c1ccc(N2CCCC2)c(F)c1)C(=O)N1CCOCC1. The van der Waals surface area contributed by atoms with E-state index < -0.39 is 17.8 Å². The number of nitrogens with one attached hydrogen (secondary N) is 1. The Morgan fingerprint density at radius 2 is 1.84 bits per heavy atom. The van der Waals surface area contributed by atoms with Crippen LogP contribution in [0.2, 0.25) is 0 Å². The van der Waals surface area contributed by atoms with Gasteiger partial charge in [-0.25, -0.2) is 4.39 Å². The monoisotopic (exact) mass is 349 g/mol. The second-order valence-electron chi connectivity index (χ2n) is 6.49. The van der Waals surface area contributed by atoms with Gasteiger partial charge in [-0.05, 0) is 38.0 Å². The molecule has 2 fully saturated rings. The normalized spacial score (nSPS) is 19.0. The summed E-state index contributed by atoms with van der Waals surface area (Å²) >= 11 is 0. The fourth-order valence-corrected chi connectivity index (χ4v) is 3.26. The van der Waals surface area contributed by atoms with E-state index in [2.05, 4.69) is 5.32 Å². The van der Waals surface area contributed by atoms with E-state index in [4.69, 9.17) is 4.74 Å². The lowest BCUT2D eigenvalue weighted by molar-refractivity contribution is -0.136. The number of hydrogen-bond acceptors (Lipinski definition) is 4. The van der Waals surface area contributed by atoms with Crippen molar-refractivity contribution < 1.29 is 18.7 Å². The van der Waals surface area contributed by atoms with Crippen LogP contribution in [0, 0.1) is 5.82 Å². The predicted molar refractivity (Wildman–Crippen MR) is 92.2 cm³/mol. The van der Waals surface area contributed by atoms with Crippen LogP contribution in [0.5, 0.6) is 0 Å². The van der Waals surface area contributed by atoms with E-state index in [-0.39, 0.29) is 11.5 Å². The van der Waals surface area contributed by atoms with Crippen LogP contribution in [0.4, 0.5) is 10.1 Å². The summed E-state index contributed by atoms with van der Waals surface area (Å²) in [5.41, 5.74) is 0.758. The van der Waals surface area contributed by atoms with E-state index in [9.17, 15) is 14.0 Å². The van der Waals surface area contributed by atoms with E-state index in [1.807, 2.05) is 4.90 Å². The maximum Gasteiger partial charge on any atom is 0.252 e. The molecule has 2 heterocycles. The van der Waals surface area contributed by atoms with Crippen LogP contribution in [0.15, 0.2) is 18.2 Å². The zero-order valence-corrected chi connectivity index (χ0v) is 14.5. The number of rotatable bonds is 4. The number of morpholine rings is 1. The number of anilines is 1. The minimum atomic E-state index is -0.660. The Kier molecular flexibility index (Phi) is 5.53. The molecule has 136 valence electrons. The Balaban J connectivity index is 1.62. The van der Waals surface area contributed by atoms with Crippen molar-refractivity contribution in [2.45, 2.75) is 25.8 Å². The van der Waals surface area contributed by atoms with Gasteiger partial charge in [-0.3, -0.25) is 9.59 Å². The lowest BCUT2D eigenvalue weighted by Gasteiger charge is -2.29. The number of amides is 2. The van der Waals surface area contributed by atoms with Crippen molar-refractivity contribution in [3.8, 4) is 0 Å².